The molecule has 0 amide bonds. The molecule has 0 aromatic heterocycles. The Bertz CT molecular complexity index is 589. The molecule has 1 nitrogen and oxygen atoms in total. The van der Waals surface area contributed by atoms with Gasteiger partial charge in [0.25, 0.3) is 0 Å². The first kappa shape index (κ1) is 14.4. The molecule has 0 saturated heterocycles. The summed E-state index contributed by atoms with van der Waals surface area (Å²) < 4.78 is 0. The normalized spacial score (nSPS) is 11.9. The number of hydrogen-bond acceptors (Lipinski definition) is 1. The number of allylic oxidation sites excluding steroid dienone is 1. The molecule has 1 heteroatoms. The van der Waals surface area contributed by atoms with Gasteiger partial charge in [0.15, 0.2) is 0 Å². The molecule has 2 aromatic rings. The molecule has 0 aliphatic rings. The van der Waals surface area contributed by atoms with Crippen molar-refractivity contribution >= 4 is 6.08 Å². The predicted octanol–water partition coefficient (Wildman–Crippen LogP) is 4.95. The van der Waals surface area contributed by atoms with Gasteiger partial charge in [0, 0.05) is 0 Å². The highest BCUT2D eigenvalue weighted by Gasteiger charge is 2.14. The maximum absolute atomic E-state index is 9.96. The third kappa shape index (κ3) is 3.74. The number of phenolic OH excluding ortho intramolecular Hbond substituents is 1. The Balaban J connectivity index is 2.15. The number of rotatable bonds is 3. The summed E-state index contributed by atoms with van der Waals surface area (Å²) in [6.45, 7) is 6.55. The molecule has 0 bridgehead atoms. The maximum atomic E-state index is 9.96. The first-order valence-electron chi connectivity index (χ1n) is 7.01. The molecule has 2 rings (SSSR count). The zero-order chi connectivity index (χ0) is 14.6. The van der Waals surface area contributed by atoms with Crippen LogP contribution >= 0.6 is 0 Å². The molecule has 0 fully saturated rings. The molecule has 1 N–H and O–H groups in total. The van der Waals surface area contributed by atoms with Gasteiger partial charge in [0.05, 0.1) is 0 Å². The number of benzene rings is 2. The van der Waals surface area contributed by atoms with E-state index in [1.807, 2.05) is 24.3 Å². The van der Waals surface area contributed by atoms with Gasteiger partial charge in [-0.3, -0.25) is 0 Å². The Morgan fingerprint density at radius 1 is 1.00 bits per heavy atom. The lowest BCUT2D eigenvalue weighted by atomic mass is 9.85. The number of hydrogen-bond donors (Lipinski definition) is 1. The minimum atomic E-state index is 0.103. The van der Waals surface area contributed by atoms with Crippen LogP contribution in [0.25, 0.3) is 6.08 Å². The second-order valence-electron chi connectivity index (χ2n) is 6.11. The van der Waals surface area contributed by atoms with Crippen molar-refractivity contribution in [3.63, 3.8) is 0 Å². The third-order valence-corrected chi connectivity index (χ3v) is 3.39. The summed E-state index contributed by atoms with van der Waals surface area (Å²) in [5, 5.41) is 9.96. The molecule has 2 aromatic carbocycles. The molecule has 0 radical (unpaired) electrons. The summed E-state index contributed by atoms with van der Waals surface area (Å²) in [7, 11) is 0. The van der Waals surface area contributed by atoms with E-state index < -0.39 is 0 Å². The quantitative estimate of drug-likeness (QED) is 0.833. The summed E-state index contributed by atoms with van der Waals surface area (Å²) >= 11 is 0. The van der Waals surface area contributed by atoms with E-state index in [9.17, 15) is 5.11 Å². The van der Waals surface area contributed by atoms with Crippen LogP contribution in [0.2, 0.25) is 0 Å². The first-order valence-corrected chi connectivity index (χ1v) is 7.01. The summed E-state index contributed by atoms with van der Waals surface area (Å²) in [5.74, 6) is 0.371. The molecule has 0 spiro atoms. The van der Waals surface area contributed by atoms with Crippen molar-refractivity contribution in [2.24, 2.45) is 0 Å². The Morgan fingerprint density at radius 3 is 2.35 bits per heavy atom. The average Bonchev–Trinajstić information content (AvgIpc) is 2.41. The van der Waals surface area contributed by atoms with E-state index in [0.29, 0.717) is 5.75 Å². The topological polar surface area (TPSA) is 20.2 Å². The van der Waals surface area contributed by atoms with Crippen LogP contribution < -0.4 is 0 Å². The van der Waals surface area contributed by atoms with Crippen molar-refractivity contribution in [3.8, 4) is 5.75 Å². The van der Waals surface area contributed by atoms with Gasteiger partial charge < -0.3 is 5.11 Å². The second kappa shape index (κ2) is 5.96. The minimum absolute atomic E-state index is 0.103. The van der Waals surface area contributed by atoms with Crippen LogP contribution in [-0.4, -0.2) is 5.11 Å². The largest absolute Gasteiger partial charge is 0.508 e. The van der Waals surface area contributed by atoms with Gasteiger partial charge in [-0.15, -0.1) is 0 Å². The molecule has 0 heterocycles. The highest BCUT2D eigenvalue weighted by atomic mass is 16.3. The van der Waals surface area contributed by atoms with E-state index >= 15 is 0 Å². The molecule has 0 unspecified atom stereocenters. The lowest BCUT2D eigenvalue weighted by Gasteiger charge is -2.20. The number of phenols is 1. The van der Waals surface area contributed by atoms with Crippen LogP contribution in [-0.2, 0) is 11.8 Å². The molecule has 0 saturated carbocycles. The molecular formula is C19H22O. The van der Waals surface area contributed by atoms with Gasteiger partial charge >= 0.3 is 0 Å². The van der Waals surface area contributed by atoms with Gasteiger partial charge in [0.1, 0.15) is 5.75 Å². The van der Waals surface area contributed by atoms with Crippen LogP contribution in [0.1, 0.15) is 37.5 Å². The van der Waals surface area contributed by atoms with Crippen LogP contribution in [0.15, 0.2) is 54.6 Å². The zero-order valence-electron chi connectivity index (χ0n) is 12.4. The van der Waals surface area contributed by atoms with Crippen LogP contribution in [0, 0.1) is 0 Å². The van der Waals surface area contributed by atoms with Gasteiger partial charge in [-0.2, -0.15) is 0 Å². The predicted molar refractivity (Wildman–Crippen MR) is 86.0 cm³/mol. The highest BCUT2D eigenvalue weighted by Crippen LogP contribution is 2.27. The summed E-state index contributed by atoms with van der Waals surface area (Å²) in [5.41, 5.74) is 3.51. The first-order chi connectivity index (χ1) is 9.47. The molecule has 0 aliphatic heterocycles. The van der Waals surface area contributed by atoms with E-state index in [1.54, 1.807) is 6.07 Å². The lowest BCUT2D eigenvalue weighted by molar-refractivity contribution is 0.468. The molecule has 20 heavy (non-hydrogen) atoms. The Labute approximate surface area is 121 Å². The van der Waals surface area contributed by atoms with Crippen molar-refractivity contribution < 1.29 is 5.11 Å². The number of aromatic hydroxyl groups is 1. The smallest absolute Gasteiger partial charge is 0.119 e. The van der Waals surface area contributed by atoms with Crippen molar-refractivity contribution in [2.75, 3.05) is 0 Å². The molecule has 104 valence electrons. The molecule has 0 atom stereocenters. The van der Waals surface area contributed by atoms with Crippen molar-refractivity contribution in [3.05, 3.63) is 71.3 Å². The Morgan fingerprint density at radius 2 is 1.70 bits per heavy atom. The summed E-state index contributed by atoms with van der Waals surface area (Å²) in [4.78, 5) is 0. The molecule has 0 aliphatic carbocycles. The van der Waals surface area contributed by atoms with Crippen LogP contribution in [0.4, 0.5) is 0 Å². The average molecular weight is 266 g/mol. The minimum Gasteiger partial charge on any atom is -0.508 e. The van der Waals surface area contributed by atoms with Crippen molar-refractivity contribution in [1.29, 1.82) is 0 Å². The monoisotopic (exact) mass is 266 g/mol. The fourth-order valence-corrected chi connectivity index (χ4v) is 2.10. The Kier molecular flexibility index (Phi) is 4.29. The highest BCUT2D eigenvalue weighted by molar-refractivity contribution is 5.50. The lowest BCUT2D eigenvalue weighted by Crippen LogP contribution is -2.11. The zero-order valence-corrected chi connectivity index (χ0v) is 12.4. The van der Waals surface area contributed by atoms with Gasteiger partial charge in [-0.05, 0) is 34.6 Å². The fraction of sp³-hybridized carbons (Fsp3) is 0.263. The SMILES string of the molecule is CC(C)(C)c1ccc(O)c(C/C=C/c2ccccc2)c1. The van der Waals surface area contributed by atoms with E-state index in [1.165, 1.54) is 11.1 Å². The molecular weight excluding hydrogens is 244 g/mol. The fourth-order valence-electron chi connectivity index (χ4n) is 2.10. The van der Waals surface area contributed by atoms with E-state index in [2.05, 4.69) is 51.1 Å². The standard InChI is InChI=1S/C19H22O/c1-19(2,3)17-12-13-18(20)16(14-17)11-7-10-15-8-5-4-6-9-15/h4-10,12-14,20H,11H2,1-3H3/b10-7+. The van der Waals surface area contributed by atoms with Gasteiger partial charge in [-0.25, -0.2) is 0 Å². The maximum Gasteiger partial charge on any atom is 0.119 e. The van der Waals surface area contributed by atoms with Crippen molar-refractivity contribution in [2.45, 2.75) is 32.6 Å². The van der Waals surface area contributed by atoms with Crippen LogP contribution in [0.3, 0.4) is 0 Å². The van der Waals surface area contributed by atoms with E-state index in [4.69, 9.17) is 0 Å². The second-order valence-corrected chi connectivity index (χ2v) is 6.11. The van der Waals surface area contributed by atoms with Crippen molar-refractivity contribution in [1.82, 2.24) is 0 Å². The van der Waals surface area contributed by atoms with E-state index in [-0.39, 0.29) is 5.41 Å². The summed E-state index contributed by atoms with van der Waals surface area (Å²) in [6, 6.07) is 16.1. The van der Waals surface area contributed by atoms with Gasteiger partial charge in [-0.1, -0.05) is 75.4 Å². The summed E-state index contributed by atoms with van der Waals surface area (Å²) in [6.07, 6.45) is 4.92. The van der Waals surface area contributed by atoms with E-state index in [0.717, 1.165) is 12.0 Å². The van der Waals surface area contributed by atoms with Crippen LogP contribution in [0.5, 0.6) is 5.75 Å². The third-order valence-electron chi connectivity index (χ3n) is 3.39. The van der Waals surface area contributed by atoms with Gasteiger partial charge in [0.2, 0.25) is 0 Å². The Hall–Kier alpha value is -2.02.